The van der Waals surface area contributed by atoms with E-state index in [0.29, 0.717) is 12.1 Å². The van der Waals surface area contributed by atoms with Crippen molar-refractivity contribution in [1.82, 2.24) is 10.3 Å². The zero-order valence-electron chi connectivity index (χ0n) is 17.8. The van der Waals surface area contributed by atoms with Crippen LogP contribution in [-0.4, -0.2) is 31.0 Å². The number of quaternary nitrogens is 1. The second-order valence-corrected chi connectivity index (χ2v) is 7.84. The predicted molar refractivity (Wildman–Crippen MR) is 123 cm³/mol. The summed E-state index contributed by atoms with van der Waals surface area (Å²) >= 11 is 0. The summed E-state index contributed by atoms with van der Waals surface area (Å²) in [5, 5.41) is 3.97. The minimum absolute atomic E-state index is 0.0551. The Morgan fingerprint density at radius 2 is 1.84 bits per heavy atom. The van der Waals surface area contributed by atoms with Crippen LogP contribution in [-0.2, 0) is 6.54 Å². The molecule has 4 aromatic rings. The van der Waals surface area contributed by atoms with Crippen molar-refractivity contribution in [2.24, 2.45) is 0 Å². The zero-order valence-corrected chi connectivity index (χ0v) is 17.8. The largest absolute Gasteiger partial charge is 0.352 e. The van der Waals surface area contributed by atoms with E-state index in [2.05, 4.69) is 41.6 Å². The monoisotopic (exact) mass is 412 g/mol. The first kappa shape index (κ1) is 20.7. The van der Waals surface area contributed by atoms with E-state index in [1.165, 1.54) is 10.5 Å². The Bertz CT molecular complexity index is 1150. The standard InChI is InChI=1S/C26H26N4O/c1-30(19-20-9-3-2-4-10-20)16-8-15-28-26(31)23-17-25(21-11-7-14-27-18-21)29-24-13-6-5-12-22(23)24/h2-7,9-14,17-18H,8,15-16,19H2,1H3,(H,28,31)/p+2. The van der Waals surface area contributed by atoms with Crippen LogP contribution in [0.1, 0.15) is 22.3 Å². The van der Waals surface area contributed by atoms with Gasteiger partial charge >= 0.3 is 0 Å². The topological polar surface area (TPSA) is 60.6 Å². The molecule has 156 valence electrons. The molecule has 2 aromatic carbocycles. The predicted octanol–water partition coefficient (Wildman–Crippen LogP) is 2.55. The second kappa shape index (κ2) is 9.96. The maximum Gasteiger partial charge on any atom is 0.252 e. The molecule has 2 aromatic heterocycles. The first-order valence-corrected chi connectivity index (χ1v) is 10.7. The summed E-state index contributed by atoms with van der Waals surface area (Å²) in [4.78, 5) is 22.3. The van der Waals surface area contributed by atoms with Crippen LogP contribution in [0.4, 0.5) is 0 Å². The number of carbonyl (C=O) groups is 1. The van der Waals surface area contributed by atoms with Gasteiger partial charge in [-0.05, 0) is 18.2 Å². The first-order chi connectivity index (χ1) is 15.2. The first-order valence-electron chi connectivity index (χ1n) is 10.7. The van der Waals surface area contributed by atoms with Crippen LogP contribution in [0.3, 0.4) is 0 Å². The number of amides is 1. The smallest absolute Gasteiger partial charge is 0.252 e. The molecular formula is C26H28N4O+2. The van der Waals surface area contributed by atoms with Gasteiger partial charge in [0.15, 0.2) is 12.4 Å². The molecule has 31 heavy (non-hydrogen) atoms. The van der Waals surface area contributed by atoms with Crippen molar-refractivity contribution in [2.45, 2.75) is 13.0 Å². The number of aromatic nitrogens is 2. The molecule has 1 amide bonds. The average molecular weight is 413 g/mol. The van der Waals surface area contributed by atoms with Crippen LogP contribution in [0.5, 0.6) is 0 Å². The van der Waals surface area contributed by atoms with Gasteiger partial charge in [0.2, 0.25) is 0 Å². The van der Waals surface area contributed by atoms with Gasteiger partial charge in [0, 0.05) is 30.0 Å². The minimum atomic E-state index is -0.0551. The van der Waals surface area contributed by atoms with Crippen molar-refractivity contribution in [3.05, 3.63) is 96.3 Å². The van der Waals surface area contributed by atoms with Gasteiger partial charge in [0.25, 0.3) is 5.91 Å². The number of pyridine rings is 2. The summed E-state index contributed by atoms with van der Waals surface area (Å²) in [7, 11) is 2.19. The van der Waals surface area contributed by atoms with Crippen LogP contribution in [0.2, 0.25) is 0 Å². The number of para-hydroxylation sites is 1. The van der Waals surface area contributed by atoms with Gasteiger partial charge in [0.1, 0.15) is 6.54 Å². The molecule has 5 nitrogen and oxygen atoms in total. The number of aromatic amines is 1. The van der Waals surface area contributed by atoms with E-state index in [0.717, 1.165) is 41.7 Å². The Balaban J connectivity index is 1.41. The average Bonchev–Trinajstić information content (AvgIpc) is 2.82. The van der Waals surface area contributed by atoms with Crippen molar-refractivity contribution in [2.75, 3.05) is 20.1 Å². The minimum Gasteiger partial charge on any atom is -0.352 e. The maximum absolute atomic E-state index is 13.0. The second-order valence-electron chi connectivity index (χ2n) is 7.84. The van der Waals surface area contributed by atoms with Crippen molar-refractivity contribution in [1.29, 1.82) is 0 Å². The summed E-state index contributed by atoms with van der Waals surface area (Å²) in [6.45, 7) is 2.63. The Kier molecular flexibility index (Phi) is 6.65. The third kappa shape index (κ3) is 5.32. The molecule has 0 fully saturated rings. The highest BCUT2D eigenvalue weighted by atomic mass is 16.1. The van der Waals surface area contributed by atoms with Crippen LogP contribution in [0.15, 0.2) is 85.2 Å². The highest BCUT2D eigenvalue weighted by Crippen LogP contribution is 2.24. The summed E-state index contributed by atoms with van der Waals surface area (Å²) in [6.07, 6.45) is 4.67. The lowest BCUT2D eigenvalue weighted by Gasteiger charge is -2.14. The molecule has 1 atom stereocenters. The molecule has 0 aliphatic carbocycles. The molecule has 0 aliphatic heterocycles. The van der Waals surface area contributed by atoms with E-state index in [4.69, 9.17) is 4.98 Å². The van der Waals surface area contributed by atoms with Crippen LogP contribution in [0.25, 0.3) is 22.2 Å². The van der Waals surface area contributed by atoms with Gasteiger partial charge in [-0.1, -0.05) is 48.5 Å². The lowest BCUT2D eigenvalue weighted by Crippen LogP contribution is -3.07. The van der Waals surface area contributed by atoms with E-state index < -0.39 is 0 Å². The molecule has 3 N–H and O–H groups in total. The van der Waals surface area contributed by atoms with E-state index in [1.54, 1.807) is 0 Å². The summed E-state index contributed by atoms with van der Waals surface area (Å²) < 4.78 is 0. The normalized spacial score (nSPS) is 11.9. The quantitative estimate of drug-likeness (QED) is 0.437. The fourth-order valence-electron chi connectivity index (χ4n) is 3.78. The zero-order chi connectivity index (χ0) is 21.5. The molecule has 0 saturated carbocycles. The van der Waals surface area contributed by atoms with Gasteiger partial charge in [-0.15, -0.1) is 0 Å². The Morgan fingerprint density at radius 1 is 1.03 bits per heavy atom. The summed E-state index contributed by atoms with van der Waals surface area (Å²) in [6, 6.07) is 24.1. The third-order valence-corrected chi connectivity index (χ3v) is 5.38. The molecule has 0 radical (unpaired) electrons. The highest BCUT2D eigenvalue weighted by molar-refractivity contribution is 6.07. The van der Waals surface area contributed by atoms with Gasteiger partial charge < -0.3 is 10.2 Å². The molecule has 1 unspecified atom stereocenters. The summed E-state index contributed by atoms with van der Waals surface area (Å²) in [5.41, 5.74) is 4.55. The van der Waals surface area contributed by atoms with Crippen molar-refractivity contribution in [3.63, 3.8) is 0 Å². The number of nitrogens with zero attached hydrogens (tertiary/aromatic N) is 1. The van der Waals surface area contributed by atoms with Crippen LogP contribution < -0.4 is 15.2 Å². The fourth-order valence-corrected chi connectivity index (χ4v) is 3.78. The van der Waals surface area contributed by atoms with E-state index >= 15 is 0 Å². The number of hydrogen-bond donors (Lipinski definition) is 2. The number of hydrogen-bond acceptors (Lipinski definition) is 2. The summed E-state index contributed by atoms with van der Waals surface area (Å²) in [5.74, 6) is -0.0551. The number of nitrogens with one attached hydrogen (secondary N) is 3. The fraction of sp³-hybridized carbons (Fsp3) is 0.192. The van der Waals surface area contributed by atoms with E-state index in [-0.39, 0.29) is 5.91 Å². The van der Waals surface area contributed by atoms with Crippen LogP contribution in [0, 0.1) is 0 Å². The number of H-pyrrole nitrogens is 1. The maximum atomic E-state index is 13.0. The SMILES string of the molecule is C[NH+](CCCNC(=O)c1cc(-c2ccc[nH+]c2)nc2ccccc12)Cc1ccccc1. The molecule has 0 aliphatic rings. The van der Waals surface area contributed by atoms with Crippen molar-refractivity contribution >= 4 is 16.8 Å². The molecule has 0 saturated heterocycles. The molecule has 4 rings (SSSR count). The number of fused-ring (bicyclic) bond motifs is 1. The van der Waals surface area contributed by atoms with Crippen LogP contribution >= 0.6 is 0 Å². The van der Waals surface area contributed by atoms with Crippen molar-refractivity contribution < 1.29 is 14.7 Å². The Morgan fingerprint density at radius 3 is 2.65 bits per heavy atom. The number of benzene rings is 2. The number of carbonyl (C=O) groups excluding carboxylic acids is 1. The van der Waals surface area contributed by atoms with Gasteiger partial charge in [0.05, 0.1) is 35.9 Å². The molecule has 2 heterocycles. The highest BCUT2D eigenvalue weighted by Gasteiger charge is 2.14. The van der Waals surface area contributed by atoms with Gasteiger partial charge in [-0.2, -0.15) is 0 Å². The third-order valence-electron chi connectivity index (χ3n) is 5.38. The van der Waals surface area contributed by atoms with E-state index in [9.17, 15) is 4.79 Å². The number of rotatable bonds is 8. The lowest BCUT2D eigenvalue weighted by molar-refractivity contribution is -0.893. The van der Waals surface area contributed by atoms with Gasteiger partial charge in [-0.3, -0.25) is 4.79 Å². The Labute approximate surface area is 182 Å². The lowest BCUT2D eigenvalue weighted by atomic mass is 10.0. The van der Waals surface area contributed by atoms with Gasteiger partial charge in [-0.25, -0.2) is 9.97 Å². The molecule has 5 heteroatoms. The molecule has 0 spiro atoms. The molecule has 0 bridgehead atoms. The van der Waals surface area contributed by atoms with E-state index in [1.807, 2.05) is 60.9 Å². The Hall–Kier alpha value is -3.57. The van der Waals surface area contributed by atoms with Crippen molar-refractivity contribution in [3.8, 4) is 11.3 Å². The molecular weight excluding hydrogens is 384 g/mol.